The maximum Gasteiger partial charge on any atom is 0.379 e. The lowest BCUT2D eigenvalue weighted by Gasteiger charge is -2.09. The van der Waals surface area contributed by atoms with Crippen LogP contribution in [0.15, 0.2) is 54.6 Å². The number of carbonyl (C=O) groups excluding carboxylic acids is 3. The van der Waals surface area contributed by atoms with Gasteiger partial charge < -0.3 is 62.2 Å². The van der Waals surface area contributed by atoms with Crippen molar-refractivity contribution < 1.29 is 71.2 Å². The van der Waals surface area contributed by atoms with Crippen molar-refractivity contribution in [2.75, 3.05) is 157 Å². The molecule has 57 heavy (non-hydrogen) atoms. The fourth-order valence-electron chi connectivity index (χ4n) is 4.46. The molecule has 0 saturated carbocycles. The first-order valence-corrected chi connectivity index (χ1v) is 19.7. The van der Waals surface area contributed by atoms with E-state index in [4.69, 9.17) is 56.8 Å². The molecule has 0 spiro atoms. The zero-order valence-corrected chi connectivity index (χ0v) is 33.5. The summed E-state index contributed by atoms with van der Waals surface area (Å²) in [5, 5.41) is 3.31. The number of benzene rings is 2. The number of unbranched alkanes of at least 4 members (excludes halogenated alkanes) is 1. The normalized spacial score (nSPS) is 11.1. The van der Waals surface area contributed by atoms with Crippen LogP contribution >= 0.6 is 0 Å². The van der Waals surface area contributed by atoms with E-state index >= 15 is 0 Å². The summed E-state index contributed by atoms with van der Waals surface area (Å²) in [6, 6.07) is 15.5. The van der Waals surface area contributed by atoms with Crippen molar-refractivity contribution in [3.05, 3.63) is 65.7 Å². The van der Waals surface area contributed by atoms with Crippen LogP contribution < -0.4 is 5.32 Å². The van der Waals surface area contributed by atoms with Gasteiger partial charge in [-0.05, 0) is 30.7 Å². The van der Waals surface area contributed by atoms with Crippen molar-refractivity contribution in [2.45, 2.75) is 19.8 Å². The zero-order chi connectivity index (χ0) is 40.7. The molecule has 2 aromatic rings. The minimum atomic E-state index is -0.902. The second kappa shape index (κ2) is 36.8. The highest BCUT2D eigenvalue weighted by Crippen LogP contribution is 2.11. The topological polar surface area (TPSA) is 174 Å². The van der Waals surface area contributed by atoms with Crippen LogP contribution in [0.3, 0.4) is 0 Å². The number of ketones is 1. The first-order valence-electron chi connectivity index (χ1n) is 19.7. The van der Waals surface area contributed by atoms with Crippen molar-refractivity contribution in [3.8, 4) is 0 Å². The molecule has 0 radical (unpaired) electrons. The Kier molecular flexibility index (Phi) is 32.0. The quantitative estimate of drug-likeness (QED) is 0.0447. The third kappa shape index (κ3) is 28.5. The smallest absolute Gasteiger partial charge is 0.379 e. The highest BCUT2D eigenvalue weighted by Gasteiger charge is 2.17. The number of nitrogens with one attached hydrogen (secondary N) is 1. The third-order valence-electron chi connectivity index (χ3n) is 7.47. The van der Waals surface area contributed by atoms with Gasteiger partial charge in [0.1, 0.15) is 13.2 Å². The number of Topliss-reactive ketones (excluding diaryl/α,β-unsaturated/α-hetero) is 1. The molecule has 0 amide bonds. The standard InChI is InChI=1S/C41H63NO15/c1-2-3-13-42-38-11-9-37(10-12-38)40(44)56-34-32-54-30-28-52-26-24-50-22-20-48-18-16-46-14-15-47-17-19-49-21-23-51-25-27-53-29-31-55-33-35-57-41(45)39(43)36-7-5-4-6-8-36/h4-12,42H,2-3,13-35H2,1H3. The van der Waals surface area contributed by atoms with Crippen LogP contribution in [0.4, 0.5) is 5.69 Å². The molecular formula is C41H63NO15. The fourth-order valence-corrected chi connectivity index (χ4v) is 4.46. The molecule has 0 atom stereocenters. The number of ether oxygens (including phenoxy) is 12. The van der Waals surface area contributed by atoms with E-state index in [0.717, 1.165) is 25.1 Å². The fraction of sp³-hybridized carbons (Fsp3) is 0.634. The molecule has 0 fully saturated rings. The highest BCUT2D eigenvalue weighted by atomic mass is 16.6. The van der Waals surface area contributed by atoms with Gasteiger partial charge in [-0.15, -0.1) is 0 Å². The van der Waals surface area contributed by atoms with Gasteiger partial charge in [-0.2, -0.15) is 0 Å². The predicted molar refractivity (Wildman–Crippen MR) is 210 cm³/mol. The molecule has 16 nitrogen and oxygen atoms in total. The van der Waals surface area contributed by atoms with E-state index in [1.54, 1.807) is 42.5 Å². The maximum atomic E-state index is 12.1. The Bertz CT molecular complexity index is 1250. The minimum absolute atomic E-state index is 0.00890. The summed E-state index contributed by atoms with van der Waals surface area (Å²) in [4.78, 5) is 35.8. The van der Waals surface area contributed by atoms with Crippen LogP contribution in [0.2, 0.25) is 0 Å². The monoisotopic (exact) mass is 809 g/mol. The average molecular weight is 810 g/mol. The molecule has 16 heteroatoms. The van der Waals surface area contributed by atoms with E-state index in [0.29, 0.717) is 137 Å². The van der Waals surface area contributed by atoms with Crippen LogP contribution in [-0.4, -0.2) is 170 Å². The average Bonchev–Trinajstić information content (AvgIpc) is 3.24. The van der Waals surface area contributed by atoms with Crippen LogP contribution in [-0.2, 0) is 61.6 Å². The Morgan fingerprint density at radius 1 is 0.421 bits per heavy atom. The Morgan fingerprint density at radius 3 is 1.14 bits per heavy atom. The molecule has 0 aliphatic rings. The van der Waals surface area contributed by atoms with Crippen molar-refractivity contribution >= 4 is 23.4 Å². The second-order valence-electron chi connectivity index (χ2n) is 11.9. The van der Waals surface area contributed by atoms with Gasteiger partial charge in [0, 0.05) is 17.8 Å². The molecule has 2 rings (SSSR count). The van der Waals surface area contributed by atoms with Crippen LogP contribution in [0, 0.1) is 0 Å². The molecule has 0 unspecified atom stereocenters. The van der Waals surface area contributed by atoms with Gasteiger partial charge >= 0.3 is 11.9 Å². The molecule has 0 aliphatic heterocycles. The summed E-state index contributed by atoms with van der Waals surface area (Å²) >= 11 is 0. The number of esters is 2. The van der Waals surface area contributed by atoms with E-state index in [1.807, 2.05) is 12.1 Å². The van der Waals surface area contributed by atoms with E-state index in [1.165, 1.54) is 0 Å². The molecule has 322 valence electrons. The maximum absolute atomic E-state index is 12.1. The van der Waals surface area contributed by atoms with E-state index in [2.05, 4.69) is 12.2 Å². The van der Waals surface area contributed by atoms with Crippen LogP contribution in [0.5, 0.6) is 0 Å². The summed E-state index contributed by atoms with van der Waals surface area (Å²) in [6.07, 6.45) is 2.23. The molecule has 2 aromatic carbocycles. The molecule has 0 bridgehead atoms. The van der Waals surface area contributed by atoms with Gasteiger partial charge in [0.2, 0.25) is 0 Å². The molecule has 0 saturated heterocycles. The Labute approximate surface area is 336 Å². The SMILES string of the molecule is CCCCNc1ccc(C(=O)OCCOCCOCCOCCOCCOCCOCCOCCOCCOCCOCCOC(=O)C(=O)c2ccccc2)cc1. The summed E-state index contributed by atoms with van der Waals surface area (Å²) in [5.41, 5.74) is 1.79. The lowest BCUT2D eigenvalue weighted by Crippen LogP contribution is -2.20. The number of rotatable bonds is 40. The molecular weight excluding hydrogens is 746 g/mol. The summed E-state index contributed by atoms with van der Waals surface area (Å²) < 4.78 is 64.7. The largest absolute Gasteiger partial charge is 0.460 e. The molecule has 0 aromatic heterocycles. The number of hydrogen-bond donors (Lipinski definition) is 1. The van der Waals surface area contributed by atoms with Gasteiger partial charge in [0.05, 0.1) is 138 Å². The van der Waals surface area contributed by atoms with Crippen molar-refractivity contribution in [1.29, 1.82) is 0 Å². The van der Waals surface area contributed by atoms with Crippen molar-refractivity contribution in [3.63, 3.8) is 0 Å². The molecule has 1 N–H and O–H groups in total. The number of hydrogen-bond acceptors (Lipinski definition) is 16. The summed E-state index contributed by atoms with van der Waals surface area (Å²) in [7, 11) is 0. The second-order valence-corrected chi connectivity index (χ2v) is 11.9. The van der Waals surface area contributed by atoms with Gasteiger partial charge in [-0.25, -0.2) is 9.59 Å². The van der Waals surface area contributed by atoms with Gasteiger partial charge in [0.25, 0.3) is 5.78 Å². The lowest BCUT2D eigenvalue weighted by molar-refractivity contribution is -0.139. The van der Waals surface area contributed by atoms with E-state index in [9.17, 15) is 14.4 Å². The van der Waals surface area contributed by atoms with Crippen molar-refractivity contribution in [2.24, 2.45) is 0 Å². The minimum Gasteiger partial charge on any atom is -0.460 e. The third-order valence-corrected chi connectivity index (χ3v) is 7.47. The zero-order valence-electron chi connectivity index (χ0n) is 33.5. The highest BCUT2D eigenvalue weighted by molar-refractivity contribution is 6.40. The van der Waals surface area contributed by atoms with Crippen molar-refractivity contribution in [1.82, 2.24) is 0 Å². The Balaban J connectivity index is 1.18. The lowest BCUT2D eigenvalue weighted by atomic mass is 10.1. The summed E-state index contributed by atoms with van der Waals surface area (Å²) in [6.45, 7) is 11.6. The van der Waals surface area contributed by atoms with Gasteiger partial charge in [0.15, 0.2) is 0 Å². The van der Waals surface area contributed by atoms with Gasteiger partial charge in [-0.1, -0.05) is 43.7 Å². The summed E-state index contributed by atoms with van der Waals surface area (Å²) in [5.74, 6) is -1.95. The molecule has 0 aliphatic carbocycles. The molecule has 0 heterocycles. The predicted octanol–water partition coefficient (Wildman–Crippen LogP) is 3.65. The number of anilines is 1. The Hall–Kier alpha value is -3.55. The first-order chi connectivity index (χ1) is 28.1. The Morgan fingerprint density at radius 2 is 0.772 bits per heavy atom. The van der Waals surface area contributed by atoms with Gasteiger partial charge in [-0.3, -0.25) is 4.79 Å². The van der Waals surface area contributed by atoms with Crippen LogP contribution in [0.1, 0.15) is 40.5 Å². The van der Waals surface area contributed by atoms with E-state index in [-0.39, 0.29) is 25.8 Å². The first kappa shape index (κ1) is 49.6. The van der Waals surface area contributed by atoms with Crippen LogP contribution in [0.25, 0.3) is 0 Å². The number of carbonyl (C=O) groups is 3. The van der Waals surface area contributed by atoms with E-state index < -0.39 is 11.8 Å².